The molecule has 0 aliphatic rings. The average molecular weight is 326 g/mol. The van der Waals surface area contributed by atoms with Gasteiger partial charge in [-0.3, -0.25) is 4.79 Å². The summed E-state index contributed by atoms with van der Waals surface area (Å²) in [6.45, 7) is 7.93. The van der Waals surface area contributed by atoms with Crippen molar-refractivity contribution in [1.29, 1.82) is 0 Å². The highest BCUT2D eigenvalue weighted by molar-refractivity contribution is 5.92. The van der Waals surface area contributed by atoms with Gasteiger partial charge >= 0.3 is 0 Å². The van der Waals surface area contributed by atoms with Crippen LogP contribution in [0.3, 0.4) is 0 Å². The molecule has 0 radical (unpaired) electrons. The van der Waals surface area contributed by atoms with Crippen LogP contribution in [0.25, 0.3) is 0 Å². The Balaban J connectivity index is 1.93. The summed E-state index contributed by atoms with van der Waals surface area (Å²) in [6.07, 6.45) is 0. The molecule has 128 valence electrons. The number of hydrogen-bond acceptors (Lipinski definition) is 3. The van der Waals surface area contributed by atoms with Gasteiger partial charge in [0, 0.05) is 12.2 Å². The summed E-state index contributed by atoms with van der Waals surface area (Å²) in [5.74, 6) is 0.992. The molecular weight excluding hydrogens is 300 g/mol. The van der Waals surface area contributed by atoms with E-state index in [1.54, 1.807) is 0 Å². The third-order valence-corrected chi connectivity index (χ3v) is 3.75. The highest BCUT2D eigenvalue weighted by Crippen LogP contribution is 2.20. The number of ether oxygens (including phenoxy) is 1. The summed E-state index contributed by atoms with van der Waals surface area (Å²) >= 11 is 0. The third kappa shape index (κ3) is 5.39. The molecular formula is C20H26N2O2. The van der Waals surface area contributed by atoms with Crippen LogP contribution in [-0.4, -0.2) is 19.1 Å². The van der Waals surface area contributed by atoms with Crippen LogP contribution in [0, 0.1) is 0 Å². The number of para-hydroxylation sites is 1. The first-order valence-electron chi connectivity index (χ1n) is 8.41. The predicted octanol–water partition coefficient (Wildman–Crippen LogP) is 3.94. The summed E-state index contributed by atoms with van der Waals surface area (Å²) in [7, 11) is 0. The van der Waals surface area contributed by atoms with E-state index in [0.29, 0.717) is 5.92 Å². The van der Waals surface area contributed by atoms with E-state index in [9.17, 15) is 4.79 Å². The molecule has 0 saturated heterocycles. The SMILES string of the molecule is CCNCc1ccccc1NC(=O)COc1cccc(C(C)C)c1. The molecule has 0 unspecified atom stereocenters. The number of anilines is 1. The van der Waals surface area contributed by atoms with Gasteiger partial charge in [-0.05, 0) is 41.8 Å². The zero-order valence-electron chi connectivity index (χ0n) is 14.6. The second kappa shape index (κ2) is 9.08. The maximum absolute atomic E-state index is 12.2. The quantitative estimate of drug-likeness (QED) is 0.772. The first-order valence-corrected chi connectivity index (χ1v) is 8.41. The molecule has 0 saturated carbocycles. The van der Waals surface area contributed by atoms with Gasteiger partial charge in [0.15, 0.2) is 6.61 Å². The summed E-state index contributed by atoms with van der Waals surface area (Å²) in [5.41, 5.74) is 3.08. The van der Waals surface area contributed by atoms with Crippen molar-refractivity contribution in [2.24, 2.45) is 0 Å². The largest absolute Gasteiger partial charge is 0.484 e. The first-order chi connectivity index (χ1) is 11.6. The van der Waals surface area contributed by atoms with Gasteiger partial charge < -0.3 is 15.4 Å². The van der Waals surface area contributed by atoms with Gasteiger partial charge in [0.05, 0.1) is 0 Å². The second-order valence-electron chi connectivity index (χ2n) is 6.00. The second-order valence-corrected chi connectivity index (χ2v) is 6.00. The number of carbonyl (C=O) groups is 1. The molecule has 0 spiro atoms. The van der Waals surface area contributed by atoms with Crippen LogP contribution in [-0.2, 0) is 11.3 Å². The van der Waals surface area contributed by atoms with Gasteiger partial charge in [-0.1, -0.05) is 51.1 Å². The fourth-order valence-electron chi connectivity index (χ4n) is 2.35. The number of amides is 1. The van der Waals surface area contributed by atoms with Crippen LogP contribution < -0.4 is 15.4 Å². The van der Waals surface area contributed by atoms with Crippen molar-refractivity contribution < 1.29 is 9.53 Å². The predicted molar refractivity (Wildman–Crippen MR) is 98.5 cm³/mol. The Kier molecular flexibility index (Phi) is 6.82. The van der Waals surface area contributed by atoms with Crippen LogP contribution in [0.4, 0.5) is 5.69 Å². The molecule has 2 aromatic rings. The number of rotatable bonds is 8. The minimum Gasteiger partial charge on any atom is -0.484 e. The van der Waals surface area contributed by atoms with Crippen molar-refractivity contribution in [3.63, 3.8) is 0 Å². The van der Waals surface area contributed by atoms with Crippen LogP contribution >= 0.6 is 0 Å². The molecule has 2 rings (SSSR count). The maximum atomic E-state index is 12.2. The van der Waals surface area contributed by atoms with E-state index in [2.05, 4.69) is 37.5 Å². The van der Waals surface area contributed by atoms with Crippen LogP contribution in [0.5, 0.6) is 5.75 Å². The smallest absolute Gasteiger partial charge is 0.262 e. The van der Waals surface area contributed by atoms with Crippen LogP contribution in [0.15, 0.2) is 48.5 Å². The Morgan fingerprint density at radius 2 is 1.92 bits per heavy atom. The van der Waals surface area contributed by atoms with Crippen LogP contribution in [0.1, 0.15) is 37.8 Å². The van der Waals surface area contributed by atoms with Gasteiger partial charge in [-0.2, -0.15) is 0 Å². The topological polar surface area (TPSA) is 50.4 Å². The molecule has 4 heteroatoms. The lowest BCUT2D eigenvalue weighted by atomic mass is 10.0. The molecule has 0 heterocycles. The van der Waals surface area contributed by atoms with Gasteiger partial charge in [0.1, 0.15) is 5.75 Å². The normalized spacial score (nSPS) is 10.7. The van der Waals surface area contributed by atoms with Crippen molar-refractivity contribution in [3.05, 3.63) is 59.7 Å². The lowest BCUT2D eigenvalue weighted by Crippen LogP contribution is -2.22. The van der Waals surface area contributed by atoms with Crippen molar-refractivity contribution in [2.75, 3.05) is 18.5 Å². The van der Waals surface area contributed by atoms with Crippen molar-refractivity contribution >= 4 is 11.6 Å². The fourth-order valence-corrected chi connectivity index (χ4v) is 2.35. The Labute approximate surface area is 144 Å². The Morgan fingerprint density at radius 1 is 1.12 bits per heavy atom. The molecule has 0 aromatic heterocycles. The fraction of sp³-hybridized carbons (Fsp3) is 0.350. The molecule has 0 atom stereocenters. The zero-order valence-corrected chi connectivity index (χ0v) is 14.6. The van der Waals surface area contributed by atoms with E-state index in [-0.39, 0.29) is 12.5 Å². The Morgan fingerprint density at radius 3 is 2.67 bits per heavy atom. The molecule has 0 aliphatic carbocycles. The number of nitrogens with one attached hydrogen (secondary N) is 2. The van der Waals surface area contributed by atoms with E-state index < -0.39 is 0 Å². The van der Waals surface area contributed by atoms with Crippen molar-refractivity contribution in [1.82, 2.24) is 5.32 Å². The molecule has 2 N–H and O–H groups in total. The molecule has 0 bridgehead atoms. The third-order valence-electron chi connectivity index (χ3n) is 3.75. The Bertz CT molecular complexity index is 668. The number of hydrogen-bond donors (Lipinski definition) is 2. The van der Waals surface area contributed by atoms with E-state index in [4.69, 9.17) is 4.74 Å². The van der Waals surface area contributed by atoms with Gasteiger partial charge in [0.25, 0.3) is 5.91 Å². The van der Waals surface area contributed by atoms with Gasteiger partial charge in [0.2, 0.25) is 0 Å². The lowest BCUT2D eigenvalue weighted by Gasteiger charge is -2.13. The molecule has 1 amide bonds. The highest BCUT2D eigenvalue weighted by atomic mass is 16.5. The molecule has 4 nitrogen and oxygen atoms in total. The van der Waals surface area contributed by atoms with Crippen LogP contribution in [0.2, 0.25) is 0 Å². The van der Waals surface area contributed by atoms with Crippen molar-refractivity contribution in [2.45, 2.75) is 33.2 Å². The minimum atomic E-state index is -0.158. The molecule has 0 aliphatic heterocycles. The van der Waals surface area contributed by atoms with E-state index in [0.717, 1.165) is 30.1 Å². The summed E-state index contributed by atoms with van der Waals surface area (Å²) in [6, 6.07) is 15.7. The standard InChI is InChI=1S/C20H26N2O2/c1-4-21-13-17-8-5-6-11-19(17)22-20(23)14-24-18-10-7-9-16(12-18)15(2)3/h5-12,15,21H,4,13-14H2,1-3H3,(H,22,23). The number of carbonyl (C=O) groups excluding carboxylic acids is 1. The monoisotopic (exact) mass is 326 g/mol. The van der Waals surface area contributed by atoms with Crippen molar-refractivity contribution in [3.8, 4) is 5.75 Å². The van der Waals surface area contributed by atoms with E-state index in [1.807, 2.05) is 42.5 Å². The van der Waals surface area contributed by atoms with E-state index >= 15 is 0 Å². The van der Waals surface area contributed by atoms with Gasteiger partial charge in [-0.25, -0.2) is 0 Å². The Hall–Kier alpha value is -2.33. The highest BCUT2D eigenvalue weighted by Gasteiger charge is 2.08. The summed E-state index contributed by atoms with van der Waals surface area (Å²) in [4.78, 5) is 12.2. The average Bonchev–Trinajstić information content (AvgIpc) is 2.59. The van der Waals surface area contributed by atoms with Gasteiger partial charge in [-0.15, -0.1) is 0 Å². The summed E-state index contributed by atoms with van der Waals surface area (Å²) in [5, 5.41) is 6.19. The number of benzene rings is 2. The molecule has 2 aromatic carbocycles. The zero-order chi connectivity index (χ0) is 17.4. The summed E-state index contributed by atoms with van der Waals surface area (Å²) < 4.78 is 5.62. The maximum Gasteiger partial charge on any atom is 0.262 e. The van der Waals surface area contributed by atoms with E-state index in [1.165, 1.54) is 5.56 Å². The lowest BCUT2D eigenvalue weighted by molar-refractivity contribution is -0.118. The minimum absolute atomic E-state index is 0.00289. The first kappa shape index (κ1) is 18.0. The molecule has 24 heavy (non-hydrogen) atoms. The molecule has 0 fully saturated rings.